The molecule has 0 fully saturated rings. The minimum Gasteiger partial charge on any atom is -0.393 e. The van der Waals surface area contributed by atoms with Crippen LogP contribution in [0.2, 0.25) is 0 Å². The van der Waals surface area contributed by atoms with Gasteiger partial charge in [0.25, 0.3) is 0 Å². The van der Waals surface area contributed by atoms with Crippen LogP contribution in [0.4, 0.5) is 4.39 Å². The van der Waals surface area contributed by atoms with Gasteiger partial charge in [0.1, 0.15) is 11.9 Å². The quantitative estimate of drug-likeness (QED) is 0.806. The molecule has 1 aromatic carbocycles. The number of aliphatic hydroxyl groups excluding tert-OH is 2. The van der Waals surface area contributed by atoms with E-state index in [1.807, 2.05) is 22.6 Å². The third-order valence-electron chi connectivity index (χ3n) is 1.51. The minimum absolute atomic E-state index is 0.167. The molecule has 0 spiro atoms. The van der Waals surface area contributed by atoms with Crippen LogP contribution in [0.1, 0.15) is 11.7 Å². The highest BCUT2D eigenvalue weighted by molar-refractivity contribution is 14.1. The van der Waals surface area contributed by atoms with E-state index in [1.165, 1.54) is 6.07 Å². The lowest BCUT2D eigenvalue weighted by atomic mass is 10.1. The second-order valence-electron chi connectivity index (χ2n) is 2.33. The van der Waals surface area contributed by atoms with Gasteiger partial charge in [-0.05, 0) is 34.7 Å². The first-order valence-corrected chi connectivity index (χ1v) is 4.47. The van der Waals surface area contributed by atoms with Crippen molar-refractivity contribution in [3.63, 3.8) is 0 Å². The van der Waals surface area contributed by atoms with Gasteiger partial charge in [-0.15, -0.1) is 0 Å². The van der Waals surface area contributed by atoms with Crippen LogP contribution in [-0.4, -0.2) is 16.8 Å². The van der Waals surface area contributed by atoms with Crippen molar-refractivity contribution in [2.75, 3.05) is 6.61 Å². The first kappa shape index (κ1) is 9.88. The number of hydrogen-bond acceptors (Lipinski definition) is 2. The SMILES string of the molecule is OC[C@@H](O)c1c(F)cccc1I. The van der Waals surface area contributed by atoms with Gasteiger partial charge in [0.2, 0.25) is 0 Å². The van der Waals surface area contributed by atoms with Gasteiger partial charge in [0.15, 0.2) is 0 Å². The van der Waals surface area contributed by atoms with Crippen LogP contribution < -0.4 is 0 Å². The van der Waals surface area contributed by atoms with Gasteiger partial charge in [-0.2, -0.15) is 0 Å². The Labute approximate surface area is 83.2 Å². The van der Waals surface area contributed by atoms with E-state index >= 15 is 0 Å². The zero-order chi connectivity index (χ0) is 9.14. The molecule has 4 heteroatoms. The van der Waals surface area contributed by atoms with Crippen molar-refractivity contribution in [2.45, 2.75) is 6.10 Å². The molecule has 0 aliphatic rings. The van der Waals surface area contributed by atoms with Crippen LogP contribution in [0.3, 0.4) is 0 Å². The Bertz CT molecular complexity index is 258. The number of rotatable bonds is 2. The predicted octanol–water partition coefficient (Wildman–Crippen LogP) is 1.46. The summed E-state index contributed by atoms with van der Waals surface area (Å²) < 4.78 is 13.6. The topological polar surface area (TPSA) is 40.5 Å². The maximum absolute atomic E-state index is 13.0. The van der Waals surface area contributed by atoms with E-state index in [9.17, 15) is 9.50 Å². The average Bonchev–Trinajstić information content (AvgIpc) is 2.03. The first-order valence-electron chi connectivity index (χ1n) is 3.39. The molecule has 0 saturated heterocycles. The molecule has 0 aromatic heterocycles. The highest BCUT2D eigenvalue weighted by Gasteiger charge is 2.14. The highest BCUT2D eigenvalue weighted by Crippen LogP contribution is 2.22. The maximum atomic E-state index is 13.0. The molecule has 2 N–H and O–H groups in total. The molecule has 1 aromatic rings. The summed E-state index contributed by atoms with van der Waals surface area (Å²) >= 11 is 1.91. The second kappa shape index (κ2) is 4.15. The predicted molar refractivity (Wildman–Crippen MR) is 51.2 cm³/mol. The average molecular weight is 282 g/mol. The normalized spacial score (nSPS) is 13.0. The fraction of sp³-hybridized carbons (Fsp3) is 0.250. The van der Waals surface area contributed by atoms with Crippen LogP contribution in [0, 0.1) is 9.39 Å². The largest absolute Gasteiger partial charge is 0.393 e. The Morgan fingerprint density at radius 2 is 2.17 bits per heavy atom. The Morgan fingerprint density at radius 1 is 1.50 bits per heavy atom. The summed E-state index contributed by atoms with van der Waals surface area (Å²) in [6.45, 7) is -0.461. The van der Waals surface area contributed by atoms with E-state index < -0.39 is 18.5 Å². The fourth-order valence-electron chi connectivity index (χ4n) is 0.920. The van der Waals surface area contributed by atoms with Gasteiger partial charge in [-0.1, -0.05) is 6.07 Å². The van der Waals surface area contributed by atoms with Gasteiger partial charge in [-0.3, -0.25) is 0 Å². The van der Waals surface area contributed by atoms with Crippen LogP contribution in [0.5, 0.6) is 0 Å². The van der Waals surface area contributed by atoms with Gasteiger partial charge < -0.3 is 10.2 Å². The van der Waals surface area contributed by atoms with E-state index in [1.54, 1.807) is 12.1 Å². The Morgan fingerprint density at radius 3 is 2.67 bits per heavy atom. The van der Waals surface area contributed by atoms with Crippen molar-refractivity contribution in [1.29, 1.82) is 0 Å². The van der Waals surface area contributed by atoms with Crippen molar-refractivity contribution in [3.05, 3.63) is 33.1 Å². The van der Waals surface area contributed by atoms with Gasteiger partial charge >= 0.3 is 0 Å². The van der Waals surface area contributed by atoms with Gasteiger partial charge in [0, 0.05) is 9.13 Å². The monoisotopic (exact) mass is 282 g/mol. The summed E-state index contributed by atoms with van der Waals surface area (Å²) in [6.07, 6.45) is -1.13. The molecule has 66 valence electrons. The van der Waals surface area contributed by atoms with E-state index in [0.717, 1.165) is 0 Å². The van der Waals surface area contributed by atoms with Crippen LogP contribution in [0.25, 0.3) is 0 Å². The Balaban J connectivity index is 3.12. The molecule has 1 atom stereocenters. The minimum atomic E-state index is -1.13. The molecular weight excluding hydrogens is 274 g/mol. The van der Waals surface area contributed by atoms with Crippen LogP contribution in [0.15, 0.2) is 18.2 Å². The summed E-state index contributed by atoms with van der Waals surface area (Å²) in [5.74, 6) is -0.483. The number of hydrogen-bond donors (Lipinski definition) is 2. The lowest BCUT2D eigenvalue weighted by Crippen LogP contribution is -2.07. The summed E-state index contributed by atoms with van der Waals surface area (Å²) in [6, 6.07) is 4.50. The van der Waals surface area contributed by atoms with Crippen LogP contribution >= 0.6 is 22.6 Å². The molecule has 0 aliphatic heterocycles. The zero-order valence-corrected chi connectivity index (χ0v) is 8.32. The zero-order valence-electron chi connectivity index (χ0n) is 6.17. The van der Waals surface area contributed by atoms with Crippen LogP contribution in [-0.2, 0) is 0 Å². The fourth-order valence-corrected chi connectivity index (χ4v) is 1.75. The van der Waals surface area contributed by atoms with Crippen molar-refractivity contribution < 1.29 is 14.6 Å². The summed E-state index contributed by atoms with van der Waals surface area (Å²) in [5, 5.41) is 17.8. The summed E-state index contributed by atoms with van der Waals surface area (Å²) in [5.41, 5.74) is 0.167. The van der Waals surface area contributed by atoms with Crippen molar-refractivity contribution in [1.82, 2.24) is 0 Å². The second-order valence-corrected chi connectivity index (χ2v) is 3.50. The number of halogens is 2. The summed E-state index contributed by atoms with van der Waals surface area (Å²) in [4.78, 5) is 0. The molecule has 12 heavy (non-hydrogen) atoms. The molecule has 0 heterocycles. The van der Waals surface area contributed by atoms with Gasteiger partial charge in [-0.25, -0.2) is 4.39 Å². The standard InChI is InChI=1S/C8H8FIO2/c9-5-2-1-3-6(10)8(5)7(12)4-11/h1-3,7,11-12H,4H2/t7-/m1/s1. The highest BCUT2D eigenvalue weighted by atomic mass is 127. The summed E-state index contributed by atoms with van der Waals surface area (Å²) in [7, 11) is 0. The Kier molecular flexibility index (Phi) is 3.42. The van der Waals surface area contributed by atoms with Gasteiger partial charge in [0.05, 0.1) is 6.61 Å². The molecule has 1 rings (SSSR count). The molecule has 0 amide bonds. The van der Waals surface area contributed by atoms with Crippen molar-refractivity contribution in [3.8, 4) is 0 Å². The number of aliphatic hydroxyl groups is 2. The van der Waals surface area contributed by atoms with Crippen molar-refractivity contribution >= 4 is 22.6 Å². The third-order valence-corrected chi connectivity index (χ3v) is 2.45. The molecule has 2 nitrogen and oxygen atoms in total. The van der Waals surface area contributed by atoms with E-state index in [2.05, 4.69) is 0 Å². The first-order chi connectivity index (χ1) is 5.66. The van der Waals surface area contributed by atoms with E-state index in [-0.39, 0.29) is 5.56 Å². The molecule has 0 radical (unpaired) electrons. The molecule has 0 saturated carbocycles. The number of benzene rings is 1. The lowest BCUT2D eigenvalue weighted by molar-refractivity contribution is 0.0919. The maximum Gasteiger partial charge on any atom is 0.130 e. The van der Waals surface area contributed by atoms with Crippen molar-refractivity contribution in [2.24, 2.45) is 0 Å². The van der Waals surface area contributed by atoms with E-state index in [0.29, 0.717) is 3.57 Å². The molecular formula is C8H8FIO2. The smallest absolute Gasteiger partial charge is 0.130 e. The lowest BCUT2D eigenvalue weighted by Gasteiger charge is -2.10. The van der Waals surface area contributed by atoms with E-state index in [4.69, 9.17) is 5.11 Å². The molecule has 0 bridgehead atoms. The molecule has 0 aliphatic carbocycles. The molecule has 0 unspecified atom stereocenters. The Hall–Kier alpha value is -0.200. The third kappa shape index (κ3) is 1.94.